The van der Waals surface area contributed by atoms with E-state index < -0.39 is 18.0 Å². The molecule has 0 aromatic carbocycles. The molecule has 0 saturated heterocycles. The minimum absolute atomic E-state index is 0.198. The Morgan fingerprint density at radius 3 is 2.61 bits per heavy atom. The van der Waals surface area contributed by atoms with Crippen molar-refractivity contribution >= 4 is 12.0 Å². The monoisotopic (exact) mass is 258 g/mol. The summed E-state index contributed by atoms with van der Waals surface area (Å²) in [4.78, 5) is 24.2. The number of carbonyl (C=O) groups is 2. The maximum absolute atomic E-state index is 11.8. The molecule has 6 nitrogen and oxygen atoms in total. The maximum atomic E-state index is 11.8. The molecule has 18 heavy (non-hydrogen) atoms. The van der Waals surface area contributed by atoms with Crippen LogP contribution >= 0.6 is 0 Å². The minimum Gasteiger partial charge on any atom is -0.480 e. The van der Waals surface area contributed by atoms with Crippen LogP contribution in [0.25, 0.3) is 0 Å². The van der Waals surface area contributed by atoms with Crippen molar-refractivity contribution in [2.75, 3.05) is 26.3 Å². The van der Waals surface area contributed by atoms with Gasteiger partial charge >= 0.3 is 12.0 Å². The molecule has 0 fully saturated rings. The Kier molecular flexibility index (Phi) is 8.65. The van der Waals surface area contributed by atoms with Gasteiger partial charge in [0.05, 0.1) is 6.61 Å². The zero-order valence-electron chi connectivity index (χ0n) is 11.0. The van der Waals surface area contributed by atoms with E-state index in [0.717, 1.165) is 0 Å². The van der Waals surface area contributed by atoms with E-state index in [9.17, 15) is 9.59 Å². The van der Waals surface area contributed by atoms with Crippen molar-refractivity contribution in [3.8, 4) is 0 Å². The van der Waals surface area contributed by atoms with Crippen LogP contribution in [0.2, 0.25) is 0 Å². The second-order valence-electron chi connectivity index (χ2n) is 3.64. The molecule has 0 aliphatic carbocycles. The molecule has 2 N–H and O–H groups in total. The third-order valence-electron chi connectivity index (χ3n) is 2.38. The molecule has 0 saturated carbocycles. The van der Waals surface area contributed by atoms with Crippen molar-refractivity contribution in [1.29, 1.82) is 0 Å². The Balaban J connectivity index is 4.30. The maximum Gasteiger partial charge on any atom is 0.326 e. The largest absolute Gasteiger partial charge is 0.480 e. The molecule has 104 valence electrons. The number of rotatable bonds is 9. The van der Waals surface area contributed by atoms with Crippen LogP contribution in [0.3, 0.4) is 0 Å². The zero-order valence-corrected chi connectivity index (χ0v) is 11.0. The van der Waals surface area contributed by atoms with Gasteiger partial charge in [0.15, 0.2) is 0 Å². The van der Waals surface area contributed by atoms with E-state index in [1.807, 2.05) is 13.8 Å². The summed E-state index contributed by atoms with van der Waals surface area (Å²) in [5, 5.41) is 11.4. The van der Waals surface area contributed by atoms with E-state index in [1.165, 1.54) is 11.0 Å². The highest BCUT2D eigenvalue weighted by Gasteiger charge is 2.21. The van der Waals surface area contributed by atoms with Crippen LogP contribution in [0.15, 0.2) is 12.7 Å². The van der Waals surface area contributed by atoms with Gasteiger partial charge in [-0.1, -0.05) is 6.08 Å². The first-order chi connectivity index (χ1) is 8.56. The lowest BCUT2D eigenvalue weighted by atomic mass is 10.2. The first-order valence-corrected chi connectivity index (χ1v) is 6.03. The third-order valence-corrected chi connectivity index (χ3v) is 2.38. The zero-order chi connectivity index (χ0) is 14.0. The van der Waals surface area contributed by atoms with Crippen molar-refractivity contribution in [3.05, 3.63) is 12.7 Å². The summed E-state index contributed by atoms with van der Waals surface area (Å²) in [5.41, 5.74) is 0. The van der Waals surface area contributed by atoms with Gasteiger partial charge < -0.3 is 20.1 Å². The van der Waals surface area contributed by atoms with Crippen molar-refractivity contribution in [3.63, 3.8) is 0 Å². The van der Waals surface area contributed by atoms with E-state index >= 15 is 0 Å². The Morgan fingerprint density at radius 1 is 1.50 bits per heavy atom. The molecule has 6 heteroatoms. The number of ether oxygens (including phenoxy) is 1. The second-order valence-corrected chi connectivity index (χ2v) is 3.64. The SMILES string of the molecule is C=CCC(NC(=O)N(CC)CCOCC)C(=O)O. The van der Waals surface area contributed by atoms with Crippen molar-refractivity contribution in [2.45, 2.75) is 26.3 Å². The fraction of sp³-hybridized carbons (Fsp3) is 0.667. The van der Waals surface area contributed by atoms with Crippen LogP contribution < -0.4 is 5.32 Å². The normalized spacial score (nSPS) is 11.7. The Labute approximate surface area is 108 Å². The topological polar surface area (TPSA) is 78.9 Å². The summed E-state index contributed by atoms with van der Waals surface area (Å²) in [6, 6.07) is -1.33. The van der Waals surface area contributed by atoms with E-state index in [-0.39, 0.29) is 6.42 Å². The smallest absolute Gasteiger partial charge is 0.326 e. The molecule has 0 aromatic heterocycles. The van der Waals surface area contributed by atoms with E-state index in [4.69, 9.17) is 9.84 Å². The Bertz CT molecular complexity index is 281. The van der Waals surface area contributed by atoms with Crippen LogP contribution in [0.5, 0.6) is 0 Å². The van der Waals surface area contributed by atoms with Crippen molar-refractivity contribution in [2.24, 2.45) is 0 Å². The summed E-state index contributed by atoms with van der Waals surface area (Å²) in [7, 11) is 0. The molecule has 0 aliphatic heterocycles. The molecule has 0 aliphatic rings. The molecule has 1 unspecified atom stereocenters. The number of hydrogen-bond acceptors (Lipinski definition) is 3. The lowest BCUT2D eigenvalue weighted by molar-refractivity contribution is -0.139. The number of amides is 2. The van der Waals surface area contributed by atoms with Gasteiger partial charge in [0.2, 0.25) is 0 Å². The molecule has 0 aromatic rings. The molecular weight excluding hydrogens is 236 g/mol. The average molecular weight is 258 g/mol. The van der Waals surface area contributed by atoms with Crippen molar-refractivity contribution in [1.82, 2.24) is 10.2 Å². The molecular formula is C12H22N2O4. The van der Waals surface area contributed by atoms with E-state index in [2.05, 4.69) is 11.9 Å². The van der Waals surface area contributed by atoms with E-state index in [0.29, 0.717) is 26.3 Å². The summed E-state index contributed by atoms with van der Waals surface area (Å²) in [6.45, 7) is 9.14. The quantitative estimate of drug-likeness (QED) is 0.479. The molecule has 0 radical (unpaired) electrons. The first kappa shape index (κ1) is 16.4. The average Bonchev–Trinajstić information content (AvgIpc) is 2.33. The van der Waals surface area contributed by atoms with Crippen LogP contribution in [0.1, 0.15) is 20.3 Å². The molecule has 0 rings (SSSR count). The predicted octanol–water partition coefficient (Wildman–Crippen LogP) is 1.08. The number of aliphatic carboxylic acids is 1. The number of nitrogens with one attached hydrogen (secondary N) is 1. The fourth-order valence-corrected chi connectivity index (χ4v) is 1.35. The molecule has 0 heterocycles. The Morgan fingerprint density at radius 2 is 2.17 bits per heavy atom. The highest BCUT2D eigenvalue weighted by Crippen LogP contribution is 1.97. The highest BCUT2D eigenvalue weighted by atomic mass is 16.5. The van der Waals surface area contributed by atoms with Crippen LogP contribution in [0.4, 0.5) is 4.79 Å². The summed E-state index contributed by atoms with van der Waals surface area (Å²) < 4.78 is 5.16. The van der Waals surface area contributed by atoms with Gasteiger partial charge in [-0.15, -0.1) is 6.58 Å². The van der Waals surface area contributed by atoms with Gasteiger partial charge in [-0.3, -0.25) is 0 Å². The highest BCUT2D eigenvalue weighted by molar-refractivity contribution is 5.82. The van der Waals surface area contributed by atoms with Crippen molar-refractivity contribution < 1.29 is 19.4 Å². The second kappa shape index (κ2) is 9.47. The Hall–Kier alpha value is -1.56. The van der Waals surface area contributed by atoms with Gasteiger partial charge in [-0.25, -0.2) is 9.59 Å². The molecule has 0 bridgehead atoms. The summed E-state index contributed by atoms with van der Waals surface area (Å²) in [6.07, 6.45) is 1.67. The number of hydrogen-bond donors (Lipinski definition) is 2. The van der Waals surface area contributed by atoms with Gasteiger partial charge in [-0.2, -0.15) is 0 Å². The summed E-state index contributed by atoms with van der Waals surface area (Å²) in [5.74, 6) is -1.07. The van der Waals surface area contributed by atoms with Crippen LogP contribution in [-0.4, -0.2) is 54.4 Å². The first-order valence-electron chi connectivity index (χ1n) is 6.03. The van der Waals surface area contributed by atoms with Gasteiger partial charge in [0, 0.05) is 19.7 Å². The standard InChI is InChI=1S/C12H22N2O4/c1-4-7-10(11(15)16)13-12(17)14(5-2)8-9-18-6-3/h4,10H,1,5-9H2,2-3H3,(H,13,17)(H,15,16). The number of urea groups is 1. The lowest BCUT2D eigenvalue weighted by Crippen LogP contribution is -2.48. The third kappa shape index (κ3) is 6.24. The van der Waals surface area contributed by atoms with Gasteiger partial charge in [0.1, 0.15) is 6.04 Å². The van der Waals surface area contributed by atoms with E-state index in [1.54, 1.807) is 0 Å². The fourth-order valence-electron chi connectivity index (χ4n) is 1.35. The number of carboxylic acids is 1. The number of nitrogens with zero attached hydrogens (tertiary/aromatic N) is 1. The van der Waals surface area contributed by atoms with Gasteiger partial charge in [-0.05, 0) is 20.3 Å². The molecule has 1 atom stereocenters. The van der Waals surface area contributed by atoms with Crippen LogP contribution in [-0.2, 0) is 9.53 Å². The number of carboxylic acid groups (broad SMARTS) is 1. The minimum atomic E-state index is -1.07. The molecule has 0 spiro atoms. The molecule has 2 amide bonds. The lowest BCUT2D eigenvalue weighted by Gasteiger charge is -2.23. The number of carbonyl (C=O) groups excluding carboxylic acids is 1. The van der Waals surface area contributed by atoms with Gasteiger partial charge in [0.25, 0.3) is 0 Å². The predicted molar refractivity (Wildman–Crippen MR) is 68.5 cm³/mol. The number of likely N-dealkylation sites (N-methyl/N-ethyl adjacent to an activating group) is 1. The summed E-state index contributed by atoms with van der Waals surface area (Å²) >= 11 is 0. The van der Waals surface area contributed by atoms with Crippen LogP contribution in [0, 0.1) is 0 Å².